The van der Waals surface area contributed by atoms with E-state index in [2.05, 4.69) is 10.6 Å². The number of amidine groups is 1. The molecule has 1 aliphatic rings. The second-order valence-electron chi connectivity index (χ2n) is 7.94. The maximum absolute atomic E-state index is 13.3. The summed E-state index contributed by atoms with van der Waals surface area (Å²) in [5.74, 6) is -0.685. The molecule has 3 aromatic rings. The summed E-state index contributed by atoms with van der Waals surface area (Å²) in [7, 11) is 3.79. The highest BCUT2D eigenvalue weighted by molar-refractivity contribution is 7.18. The Morgan fingerprint density at radius 3 is 2.41 bits per heavy atom. The molecule has 3 N–H and O–H groups in total. The Bertz CT molecular complexity index is 1260. The first-order valence-corrected chi connectivity index (χ1v) is 11.7. The number of carbonyl (C=O) groups is 2. The van der Waals surface area contributed by atoms with E-state index in [1.54, 1.807) is 41.3 Å². The molecule has 34 heavy (non-hydrogen) atoms. The van der Waals surface area contributed by atoms with Crippen molar-refractivity contribution in [3.8, 4) is 0 Å². The molecule has 2 aromatic carbocycles. The van der Waals surface area contributed by atoms with Gasteiger partial charge in [-0.05, 0) is 61.0 Å². The summed E-state index contributed by atoms with van der Waals surface area (Å²) in [6, 6.07) is 14.2. The highest BCUT2D eigenvalue weighted by Gasteiger charge is 2.21. The van der Waals surface area contributed by atoms with E-state index in [9.17, 15) is 9.59 Å². The Kier molecular flexibility index (Phi) is 6.76. The lowest BCUT2D eigenvalue weighted by Crippen LogP contribution is -2.24. The quantitative estimate of drug-likeness (QED) is 0.442. The van der Waals surface area contributed by atoms with Crippen molar-refractivity contribution < 1.29 is 14.3 Å². The first-order chi connectivity index (χ1) is 16.2. The van der Waals surface area contributed by atoms with Crippen molar-refractivity contribution in [2.24, 2.45) is 0 Å². The fourth-order valence-electron chi connectivity index (χ4n) is 3.67. The van der Waals surface area contributed by atoms with Gasteiger partial charge < -0.3 is 20.3 Å². The summed E-state index contributed by atoms with van der Waals surface area (Å²) in [5.41, 5.74) is 3.94. The number of aryl methyl sites for hydroxylation is 1. The molecule has 0 aliphatic carbocycles. The van der Waals surface area contributed by atoms with Crippen molar-refractivity contribution in [3.63, 3.8) is 0 Å². The van der Waals surface area contributed by atoms with Gasteiger partial charge in [0.05, 0.1) is 27.0 Å². The van der Waals surface area contributed by atoms with Gasteiger partial charge in [-0.25, -0.2) is 0 Å². The van der Waals surface area contributed by atoms with Crippen molar-refractivity contribution in [3.05, 3.63) is 68.9 Å². The predicted octanol–water partition coefficient (Wildman–Crippen LogP) is 5.05. The van der Waals surface area contributed by atoms with Crippen LogP contribution in [0.25, 0.3) is 0 Å². The molecule has 2 heterocycles. The number of thiophene rings is 1. The van der Waals surface area contributed by atoms with Crippen LogP contribution in [0, 0.1) is 12.3 Å². The second kappa shape index (κ2) is 9.74. The number of nitrogens with one attached hydrogen (secondary N) is 3. The van der Waals surface area contributed by atoms with Gasteiger partial charge in [0.1, 0.15) is 6.61 Å². The molecular formula is C24H24ClN5O3S. The van der Waals surface area contributed by atoms with E-state index in [1.807, 2.05) is 38.1 Å². The first kappa shape index (κ1) is 23.6. The standard InChI is InChI=1S/C24H24ClN5O3S/c1-14-12-18(28-23(32)20-8-9-21(25)34-20)17(13-19(14)29(2)3)22(31)27-15-4-6-16(7-5-15)30-10-11-33-24(30)26/h4-9,12-13,26H,10-11H2,1-3H3,(H,27,31)(H,28,32). The highest BCUT2D eigenvalue weighted by atomic mass is 35.5. The number of amides is 2. The van der Waals surface area contributed by atoms with Gasteiger partial charge in [-0.3, -0.25) is 19.9 Å². The number of benzene rings is 2. The third kappa shape index (κ3) is 5.00. The lowest BCUT2D eigenvalue weighted by molar-refractivity contribution is 0.102. The van der Waals surface area contributed by atoms with Gasteiger partial charge in [-0.2, -0.15) is 0 Å². The smallest absolute Gasteiger partial charge is 0.289 e. The molecule has 0 unspecified atom stereocenters. The van der Waals surface area contributed by atoms with Crippen LogP contribution in [0.1, 0.15) is 25.6 Å². The highest BCUT2D eigenvalue weighted by Crippen LogP contribution is 2.30. The summed E-state index contributed by atoms with van der Waals surface area (Å²) in [4.78, 5) is 30.1. The number of carbonyl (C=O) groups excluding carboxylic acids is 2. The van der Waals surface area contributed by atoms with Crippen LogP contribution in [-0.4, -0.2) is 45.1 Å². The molecule has 0 saturated carbocycles. The van der Waals surface area contributed by atoms with Crippen LogP contribution in [-0.2, 0) is 4.74 Å². The largest absolute Gasteiger partial charge is 0.463 e. The molecule has 1 saturated heterocycles. The molecule has 0 atom stereocenters. The zero-order chi connectivity index (χ0) is 24.4. The van der Waals surface area contributed by atoms with Crippen molar-refractivity contribution >= 4 is 63.5 Å². The third-order valence-corrected chi connectivity index (χ3v) is 6.57. The molecule has 1 aromatic heterocycles. The van der Waals surface area contributed by atoms with Gasteiger partial charge >= 0.3 is 0 Å². The second-order valence-corrected chi connectivity index (χ2v) is 9.66. The monoisotopic (exact) mass is 497 g/mol. The minimum absolute atomic E-state index is 0.111. The lowest BCUT2D eigenvalue weighted by Gasteiger charge is -2.20. The van der Waals surface area contributed by atoms with E-state index in [0.717, 1.165) is 16.9 Å². The molecule has 1 aliphatic heterocycles. The molecule has 176 valence electrons. The van der Waals surface area contributed by atoms with Crippen molar-refractivity contribution in [2.75, 3.05) is 47.7 Å². The SMILES string of the molecule is Cc1cc(NC(=O)c2ccc(Cl)s2)c(C(=O)Nc2ccc(N3CCOC3=N)cc2)cc1N(C)C. The Morgan fingerprint density at radius 2 is 1.82 bits per heavy atom. The third-order valence-electron chi connectivity index (χ3n) is 5.34. The van der Waals surface area contributed by atoms with Gasteiger partial charge in [0, 0.05) is 31.2 Å². The molecule has 1 fully saturated rings. The van der Waals surface area contributed by atoms with Gasteiger partial charge in [0.25, 0.3) is 17.8 Å². The molecular weight excluding hydrogens is 474 g/mol. The number of ether oxygens (including phenoxy) is 1. The van der Waals surface area contributed by atoms with Crippen molar-refractivity contribution in [1.82, 2.24) is 0 Å². The Balaban J connectivity index is 1.59. The fraction of sp³-hybridized carbons (Fsp3) is 0.208. The molecule has 0 bridgehead atoms. The molecule has 0 spiro atoms. The van der Waals surface area contributed by atoms with Crippen LogP contribution >= 0.6 is 22.9 Å². The molecule has 4 rings (SSSR count). The number of hydrogen-bond acceptors (Lipinski definition) is 6. The van der Waals surface area contributed by atoms with Crippen LogP contribution in [0.15, 0.2) is 48.5 Å². The van der Waals surface area contributed by atoms with E-state index in [1.165, 1.54) is 11.3 Å². The van der Waals surface area contributed by atoms with E-state index in [-0.39, 0.29) is 17.8 Å². The Hall–Kier alpha value is -3.56. The summed E-state index contributed by atoms with van der Waals surface area (Å²) < 4.78 is 5.70. The Labute approximate surface area is 206 Å². The minimum Gasteiger partial charge on any atom is -0.463 e. The number of nitrogens with zero attached hydrogens (tertiary/aromatic N) is 2. The van der Waals surface area contributed by atoms with E-state index in [4.69, 9.17) is 21.7 Å². The maximum atomic E-state index is 13.3. The summed E-state index contributed by atoms with van der Waals surface area (Å²) in [6.07, 6.45) is 0. The van der Waals surface area contributed by atoms with E-state index >= 15 is 0 Å². The summed E-state index contributed by atoms with van der Waals surface area (Å²) in [6.45, 7) is 3.01. The van der Waals surface area contributed by atoms with E-state index in [0.29, 0.717) is 39.3 Å². The summed E-state index contributed by atoms with van der Waals surface area (Å²) in [5, 5.41) is 13.6. The fourth-order valence-corrected chi connectivity index (χ4v) is 4.61. The van der Waals surface area contributed by atoms with Gasteiger partial charge in [-0.15, -0.1) is 11.3 Å². The molecule has 0 radical (unpaired) electrons. The van der Waals surface area contributed by atoms with Crippen molar-refractivity contribution in [1.29, 1.82) is 5.41 Å². The molecule has 8 nitrogen and oxygen atoms in total. The van der Waals surface area contributed by atoms with Crippen LogP contribution in [0.5, 0.6) is 0 Å². The number of rotatable bonds is 6. The van der Waals surface area contributed by atoms with Crippen LogP contribution in [0.4, 0.5) is 22.7 Å². The molecule has 2 amide bonds. The van der Waals surface area contributed by atoms with Gasteiger partial charge in [0.15, 0.2) is 0 Å². The number of hydrogen-bond donors (Lipinski definition) is 3. The normalized spacial score (nSPS) is 12.9. The van der Waals surface area contributed by atoms with Gasteiger partial charge in [-0.1, -0.05) is 11.6 Å². The van der Waals surface area contributed by atoms with E-state index < -0.39 is 0 Å². The van der Waals surface area contributed by atoms with Crippen LogP contribution in [0.2, 0.25) is 4.34 Å². The number of anilines is 4. The topological polar surface area (TPSA) is 97.8 Å². The summed E-state index contributed by atoms with van der Waals surface area (Å²) >= 11 is 7.14. The first-order valence-electron chi connectivity index (χ1n) is 10.5. The predicted molar refractivity (Wildman–Crippen MR) is 138 cm³/mol. The van der Waals surface area contributed by atoms with Crippen molar-refractivity contribution in [2.45, 2.75) is 6.92 Å². The number of halogens is 1. The molecule has 10 heteroatoms. The Morgan fingerprint density at radius 1 is 1.09 bits per heavy atom. The van der Waals surface area contributed by atoms with Crippen LogP contribution in [0.3, 0.4) is 0 Å². The maximum Gasteiger partial charge on any atom is 0.289 e. The van der Waals surface area contributed by atoms with Gasteiger partial charge in [0.2, 0.25) is 0 Å². The average Bonchev–Trinajstić information content (AvgIpc) is 3.42. The lowest BCUT2D eigenvalue weighted by atomic mass is 10.1. The zero-order valence-corrected chi connectivity index (χ0v) is 20.5. The average molecular weight is 498 g/mol. The van der Waals surface area contributed by atoms with Crippen LogP contribution < -0.4 is 20.4 Å². The minimum atomic E-state index is -0.354. The zero-order valence-electron chi connectivity index (χ0n) is 18.9.